The zero-order chi connectivity index (χ0) is 15.2. The summed E-state index contributed by atoms with van der Waals surface area (Å²) >= 11 is 0. The fourth-order valence-corrected chi connectivity index (χ4v) is 1.96. The van der Waals surface area contributed by atoms with Gasteiger partial charge in [0.15, 0.2) is 11.5 Å². The Kier molecular flexibility index (Phi) is 4.76. The highest BCUT2D eigenvalue weighted by atomic mass is 16.5. The molecule has 0 aliphatic carbocycles. The van der Waals surface area contributed by atoms with E-state index in [1.807, 2.05) is 25.1 Å². The second-order valence-corrected chi connectivity index (χ2v) is 4.62. The van der Waals surface area contributed by atoms with Crippen molar-refractivity contribution in [2.24, 2.45) is 5.92 Å². The Balaban J connectivity index is 2.01. The zero-order valence-corrected chi connectivity index (χ0v) is 12.2. The van der Waals surface area contributed by atoms with Crippen LogP contribution in [0.1, 0.15) is 12.5 Å². The first-order chi connectivity index (χ1) is 10.1. The highest BCUT2D eigenvalue weighted by molar-refractivity contribution is 5.90. The molecule has 2 rings (SSSR count). The Bertz CT molecular complexity index is 598. The van der Waals surface area contributed by atoms with Crippen molar-refractivity contribution in [3.05, 3.63) is 30.1 Å². The molecule has 0 aliphatic heterocycles. The quantitative estimate of drug-likeness (QED) is 0.844. The van der Waals surface area contributed by atoms with Crippen LogP contribution in [0, 0.1) is 5.92 Å². The maximum absolute atomic E-state index is 12.0. The lowest BCUT2D eigenvalue weighted by molar-refractivity contribution is -0.119. The Morgan fingerprint density at radius 2 is 2.10 bits per heavy atom. The number of carbonyl (C=O) groups excluding carboxylic acids is 1. The number of benzene rings is 1. The van der Waals surface area contributed by atoms with E-state index in [1.54, 1.807) is 14.2 Å². The molecule has 112 valence electrons. The number of hydrogen-bond donors (Lipinski definition) is 2. The van der Waals surface area contributed by atoms with E-state index in [1.165, 1.54) is 6.33 Å². The fraction of sp³-hybridized carbons (Fsp3) is 0.357. The van der Waals surface area contributed by atoms with E-state index in [4.69, 9.17) is 9.47 Å². The number of H-pyrrole nitrogens is 1. The summed E-state index contributed by atoms with van der Waals surface area (Å²) in [6, 6.07) is 5.62. The third-order valence-electron chi connectivity index (χ3n) is 3.09. The van der Waals surface area contributed by atoms with Crippen molar-refractivity contribution in [1.29, 1.82) is 0 Å². The molecule has 0 fully saturated rings. The van der Waals surface area contributed by atoms with Crippen LogP contribution in [0.5, 0.6) is 11.5 Å². The molecule has 2 N–H and O–H groups in total. The van der Waals surface area contributed by atoms with Crippen molar-refractivity contribution in [1.82, 2.24) is 15.2 Å². The number of aromatic nitrogens is 3. The lowest BCUT2D eigenvalue weighted by Gasteiger charge is -2.13. The van der Waals surface area contributed by atoms with Gasteiger partial charge in [0.25, 0.3) is 0 Å². The summed E-state index contributed by atoms with van der Waals surface area (Å²) in [7, 11) is 3.17. The van der Waals surface area contributed by atoms with Crippen molar-refractivity contribution < 1.29 is 14.3 Å². The molecule has 0 saturated carbocycles. The minimum Gasteiger partial charge on any atom is -0.493 e. The average Bonchev–Trinajstić information content (AvgIpc) is 2.99. The van der Waals surface area contributed by atoms with Gasteiger partial charge in [-0.25, -0.2) is 5.10 Å². The van der Waals surface area contributed by atoms with Crippen molar-refractivity contribution >= 4 is 11.9 Å². The number of nitrogens with zero attached hydrogens (tertiary/aromatic N) is 2. The summed E-state index contributed by atoms with van der Waals surface area (Å²) in [5.41, 5.74) is 0.993. The number of ether oxygens (including phenoxy) is 2. The molecular weight excluding hydrogens is 272 g/mol. The van der Waals surface area contributed by atoms with Crippen LogP contribution in [-0.4, -0.2) is 35.3 Å². The number of anilines is 1. The second-order valence-electron chi connectivity index (χ2n) is 4.62. The first-order valence-corrected chi connectivity index (χ1v) is 6.51. The van der Waals surface area contributed by atoms with Crippen LogP contribution in [0.3, 0.4) is 0 Å². The van der Waals surface area contributed by atoms with E-state index in [0.717, 1.165) is 5.56 Å². The number of methoxy groups -OCH3 is 2. The topological polar surface area (TPSA) is 89.1 Å². The lowest BCUT2D eigenvalue weighted by atomic mass is 10.00. The van der Waals surface area contributed by atoms with Gasteiger partial charge in [0.1, 0.15) is 6.33 Å². The smallest absolute Gasteiger partial charge is 0.229 e. The molecule has 0 radical (unpaired) electrons. The molecule has 1 unspecified atom stereocenters. The van der Waals surface area contributed by atoms with Crippen LogP contribution in [0.4, 0.5) is 5.95 Å². The molecule has 0 spiro atoms. The summed E-state index contributed by atoms with van der Waals surface area (Å²) < 4.78 is 10.4. The van der Waals surface area contributed by atoms with Crippen molar-refractivity contribution in [3.63, 3.8) is 0 Å². The monoisotopic (exact) mass is 290 g/mol. The predicted octanol–water partition coefficient (Wildman–Crippen LogP) is 1.64. The van der Waals surface area contributed by atoms with E-state index in [0.29, 0.717) is 23.9 Å². The highest BCUT2D eigenvalue weighted by Crippen LogP contribution is 2.28. The van der Waals surface area contributed by atoms with E-state index >= 15 is 0 Å². The molecule has 7 heteroatoms. The second kappa shape index (κ2) is 6.74. The molecule has 1 heterocycles. The molecule has 1 amide bonds. The van der Waals surface area contributed by atoms with Crippen molar-refractivity contribution in [3.8, 4) is 11.5 Å². The number of amides is 1. The average molecular weight is 290 g/mol. The third-order valence-corrected chi connectivity index (χ3v) is 3.09. The van der Waals surface area contributed by atoms with Gasteiger partial charge in [-0.05, 0) is 24.1 Å². The van der Waals surface area contributed by atoms with E-state index in [9.17, 15) is 4.79 Å². The standard InChI is InChI=1S/C14H18N4O3/c1-9(13(19)17-14-15-8-16-18-14)6-10-4-5-11(20-2)12(7-10)21-3/h4-5,7-9H,6H2,1-3H3,(H2,15,16,17,18,19). The van der Waals surface area contributed by atoms with Gasteiger partial charge in [0, 0.05) is 5.92 Å². The molecule has 1 aromatic carbocycles. The SMILES string of the molecule is COc1ccc(CC(C)C(=O)Nc2ncn[nH]2)cc1OC. The molecule has 2 aromatic rings. The van der Waals surface area contributed by atoms with Crippen LogP contribution in [0.15, 0.2) is 24.5 Å². The fourth-order valence-electron chi connectivity index (χ4n) is 1.96. The number of aromatic amines is 1. The Hall–Kier alpha value is -2.57. The number of nitrogens with one attached hydrogen (secondary N) is 2. The number of hydrogen-bond acceptors (Lipinski definition) is 5. The Morgan fingerprint density at radius 1 is 1.33 bits per heavy atom. The minimum absolute atomic E-state index is 0.124. The lowest BCUT2D eigenvalue weighted by Crippen LogP contribution is -2.22. The maximum Gasteiger partial charge on any atom is 0.229 e. The third kappa shape index (κ3) is 3.71. The van der Waals surface area contributed by atoms with E-state index < -0.39 is 0 Å². The van der Waals surface area contributed by atoms with Gasteiger partial charge in [0.2, 0.25) is 11.9 Å². The Morgan fingerprint density at radius 3 is 2.71 bits per heavy atom. The van der Waals surface area contributed by atoms with Gasteiger partial charge < -0.3 is 9.47 Å². The number of carbonyl (C=O) groups is 1. The zero-order valence-electron chi connectivity index (χ0n) is 12.2. The van der Waals surface area contributed by atoms with E-state index in [-0.39, 0.29) is 11.8 Å². The van der Waals surface area contributed by atoms with Gasteiger partial charge in [-0.15, -0.1) is 0 Å². The van der Waals surface area contributed by atoms with Crippen molar-refractivity contribution in [2.75, 3.05) is 19.5 Å². The van der Waals surface area contributed by atoms with E-state index in [2.05, 4.69) is 20.5 Å². The van der Waals surface area contributed by atoms with Gasteiger partial charge in [-0.3, -0.25) is 10.1 Å². The highest BCUT2D eigenvalue weighted by Gasteiger charge is 2.16. The van der Waals surface area contributed by atoms with Crippen LogP contribution in [0.25, 0.3) is 0 Å². The van der Waals surface area contributed by atoms with Crippen LogP contribution >= 0.6 is 0 Å². The summed E-state index contributed by atoms with van der Waals surface area (Å²) in [6.07, 6.45) is 1.93. The molecule has 21 heavy (non-hydrogen) atoms. The first-order valence-electron chi connectivity index (χ1n) is 6.51. The summed E-state index contributed by atoms with van der Waals surface area (Å²) in [4.78, 5) is 15.9. The molecule has 0 saturated heterocycles. The molecule has 1 atom stereocenters. The molecule has 0 bridgehead atoms. The largest absolute Gasteiger partial charge is 0.493 e. The Labute approximate surface area is 122 Å². The van der Waals surface area contributed by atoms with Crippen LogP contribution in [-0.2, 0) is 11.2 Å². The summed E-state index contributed by atoms with van der Waals surface area (Å²) in [5, 5.41) is 8.94. The molecule has 1 aromatic heterocycles. The van der Waals surface area contributed by atoms with Gasteiger partial charge >= 0.3 is 0 Å². The van der Waals surface area contributed by atoms with Gasteiger partial charge in [-0.2, -0.15) is 10.1 Å². The predicted molar refractivity (Wildman–Crippen MR) is 77.4 cm³/mol. The normalized spacial score (nSPS) is 11.8. The number of rotatable bonds is 6. The van der Waals surface area contributed by atoms with Crippen LogP contribution < -0.4 is 14.8 Å². The van der Waals surface area contributed by atoms with Gasteiger partial charge in [-0.1, -0.05) is 13.0 Å². The van der Waals surface area contributed by atoms with Crippen LogP contribution in [0.2, 0.25) is 0 Å². The van der Waals surface area contributed by atoms with Gasteiger partial charge in [0.05, 0.1) is 14.2 Å². The van der Waals surface area contributed by atoms with Crippen molar-refractivity contribution in [2.45, 2.75) is 13.3 Å². The summed E-state index contributed by atoms with van der Waals surface area (Å²) in [5.74, 6) is 1.33. The summed E-state index contributed by atoms with van der Waals surface area (Å²) in [6.45, 7) is 1.85. The molecule has 7 nitrogen and oxygen atoms in total. The minimum atomic E-state index is -0.215. The first kappa shape index (κ1) is 14.8. The maximum atomic E-state index is 12.0. The molecular formula is C14H18N4O3. The molecule has 0 aliphatic rings.